The molecule has 3 rings (SSSR count). The number of amides is 1. The van der Waals surface area contributed by atoms with Crippen LogP contribution in [-0.2, 0) is 11.2 Å². The average molecular weight is 276 g/mol. The molecule has 0 aliphatic carbocycles. The molecule has 2 aliphatic heterocycles. The van der Waals surface area contributed by atoms with Gasteiger partial charge in [-0.2, -0.15) is 0 Å². The Morgan fingerprint density at radius 2 is 2.30 bits per heavy atom. The van der Waals surface area contributed by atoms with Gasteiger partial charge in [0.2, 0.25) is 5.91 Å². The molecule has 1 unspecified atom stereocenters. The minimum Gasteiger partial charge on any atom is -0.362 e. The quantitative estimate of drug-likeness (QED) is 0.634. The van der Waals surface area contributed by atoms with E-state index in [-0.39, 0.29) is 29.0 Å². The van der Waals surface area contributed by atoms with Crippen LogP contribution in [0.2, 0.25) is 0 Å². The summed E-state index contributed by atoms with van der Waals surface area (Å²) in [6, 6.07) is 3.35. The maximum Gasteiger partial charge on any atom is 0.292 e. The second kappa shape index (κ2) is 4.75. The number of nitrogens with one attached hydrogen (secondary N) is 1. The molecule has 3 N–H and O–H groups in total. The van der Waals surface area contributed by atoms with Crippen molar-refractivity contribution in [3.8, 4) is 0 Å². The first-order valence-electron chi connectivity index (χ1n) is 6.68. The molecule has 7 heteroatoms. The van der Waals surface area contributed by atoms with Crippen LogP contribution in [0.4, 0.5) is 17.1 Å². The molecule has 106 valence electrons. The second-order valence-corrected chi connectivity index (χ2v) is 5.21. The Labute approximate surface area is 115 Å². The Bertz CT molecular complexity index is 587. The van der Waals surface area contributed by atoms with E-state index in [2.05, 4.69) is 5.32 Å². The maximum atomic E-state index is 11.4. The van der Waals surface area contributed by atoms with Crippen molar-refractivity contribution in [2.75, 3.05) is 23.3 Å². The molecule has 1 saturated heterocycles. The topological polar surface area (TPSA) is 102 Å². The largest absolute Gasteiger partial charge is 0.362 e. The summed E-state index contributed by atoms with van der Waals surface area (Å²) in [4.78, 5) is 24.3. The van der Waals surface area contributed by atoms with Crippen molar-refractivity contribution < 1.29 is 9.72 Å². The zero-order chi connectivity index (χ0) is 14.3. The van der Waals surface area contributed by atoms with Crippen LogP contribution >= 0.6 is 0 Å². The van der Waals surface area contributed by atoms with Crippen LogP contribution in [0, 0.1) is 10.1 Å². The molecular weight excluding hydrogens is 260 g/mol. The zero-order valence-corrected chi connectivity index (χ0v) is 11.0. The van der Waals surface area contributed by atoms with Gasteiger partial charge in [0.05, 0.1) is 11.3 Å². The van der Waals surface area contributed by atoms with Gasteiger partial charge in [-0.25, -0.2) is 0 Å². The van der Waals surface area contributed by atoms with Gasteiger partial charge in [-0.1, -0.05) is 0 Å². The normalized spacial score (nSPS) is 20.9. The van der Waals surface area contributed by atoms with Gasteiger partial charge in [0.25, 0.3) is 5.69 Å². The second-order valence-electron chi connectivity index (χ2n) is 5.21. The number of anilines is 2. The molecule has 1 amide bonds. The lowest BCUT2D eigenvalue weighted by Gasteiger charge is -2.25. The van der Waals surface area contributed by atoms with E-state index in [0.717, 1.165) is 19.4 Å². The van der Waals surface area contributed by atoms with Crippen LogP contribution in [0.3, 0.4) is 0 Å². The van der Waals surface area contributed by atoms with Crippen molar-refractivity contribution in [3.63, 3.8) is 0 Å². The molecule has 7 nitrogen and oxygen atoms in total. The standard InChI is InChI=1S/C13H16N4O3/c14-7-9-2-1-3-16(9)11-6-10-8(5-13(18)15-10)4-12(11)17(19)20/h4,6,9H,1-3,5,7,14H2,(H,15,18). The summed E-state index contributed by atoms with van der Waals surface area (Å²) in [5, 5.41) is 14.0. The van der Waals surface area contributed by atoms with E-state index < -0.39 is 0 Å². The third-order valence-corrected chi connectivity index (χ3v) is 3.98. The number of nitro benzene ring substituents is 1. The van der Waals surface area contributed by atoms with Crippen LogP contribution in [0.1, 0.15) is 18.4 Å². The third-order valence-electron chi connectivity index (χ3n) is 3.98. The lowest BCUT2D eigenvalue weighted by atomic mass is 10.1. The molecule has 2 aliphatic rings. The molecule has 0 bridgehead atoms. The van der Waals surface area contributed by atoms with E-state index in [4.69, 9.17) is 5.73 Å². The van der Waals surface area contributed by atoms with Crippen molar-refractivity contribution in [3.05, 3.63) is 27.8 Å². The minimum atomic E-state index is -0.385. The Hall–Kier alpha value is -2.15. The number of benzene rings is 1. The van der Waals surface area contributed by atoms with Gasteiger partial charge < -0.3 is 16.0 Å². The fraction of sp³-hybridized carbons (Fsp3) is 0.462. The molecule has 1 atom stereocenters. The predicted octanol–water partition coefficient (Wildman–Crippen LogP) is 1.02. The van der Waals surface area contributed by atoms with E-state index >= 15 is 0 Å². The molecular formula is C13H16N4O3. The van der Waals surface area contributed by atoms with Crippen molar-refractivity contribution in [2.45, 2.75) is 25.3 Å². The Kier molecular flexibility index (Phi) is 3.06. The minimum absolute atomic E-state index is 0.0561. The molecule has 2 heterocycles. The summed E-state index contributed by atoms with van der Waals surface area (Å²) in [6.07, 6.45) is 2.12. The number of carbonyl (C=O) groups is 1. The van der Waals surface area contributed by atoms with Gasteiger partial charge in [0, 0.05) is 30.9 Å². The van der Waals surface area contributed by atoms with Gasteiger partial charge in [0.1, 0.15) is 5.69 Å². The first-order valence-corrected chi connectivity index (χ1v) is 6.68. The number of hydrogen-bond acceptors (Lipinski definition) is 5. The fourth-order valence-corrected chi connectivity index (χ4v) is 3.02. The van der Waals surface area contributed by atoms with Crippen LogP contribution in [0.5, 0.6) is 0 Å². The van der Waals surface area contributed by atoms with Crippen LogP contribution < -0.4 is 16.0 Å². The summed E-state index contributed by atoms with van der Waals surface area (Å²) in [7, 11) is 0. The van der Waals surface area contributed by atoms with Crippen molar-refractivity contribution in [1.29, 1.82) is 0 Å². The third kappa shape index (κ3) is 2.00. The van der Waals surface area contributed by atoms with Crippen molar-refractivity contribution in [2.24, 2.45) is 5.73 Å². The van der Waals surface area contributed by atoms with Crippen LogP contribution in [0.15, 0.2) is 12.1 Å². The van der Waals surface area contributed by atoms with Gasteiger partial charge in [-0.15, -0.1) is 0 Å². The Morgan fingerprint density at radius 1 is 1.50 bits per heavy atom. The zero-order valence-electron chi connectivity index (χ0n) is 11.0. The first kappa shape index (κ1) is 12.9. The van der Waals surface area contributed by atoms with Gasteiger partial charge >= 0.3 is 0 Å². The van der Waals surface area contributed by atoms with E-state index in [9.17, 15) is 14.9 Å². The lowest BCUT2D eigenvalue weighted by Crippen LogP contribution is -2.35. The lowest BCUT2D eigenvalue weighted by molar-refractivity contribution is -0.384. The van der Waals surface area contributed by atoms with E-state index in [1.807, 2.05) is 4.90 Å². The van der Waals surface area contributed by atoms with Crippen molar-refractivity contribution >= 4 is 23.0 Å². The highest BCUT2D eigenvalue weighted by molar-refractivity contribution is 6.00. The Balaban J connectivity index is 2.07. The van der Waals surface area contributed by atoms with Crippen LogP contribution in [0.25, 0.3) is 0 Å². The molecule has 0 spiro atoms. The molecule has 1 fully saturated rings. The van der Waals surface area contributed by atoms with E-state index in [1.165, 1.54) is 6.07 Å². The highest BCUT2D eigenvalue weighted by Crippen LogP contribution is 2.39. The number of nitrogens with zero attached hydrogens (tertiary/aromatic N) is 2. The first-order chi connectivity index (χ1) is 9.60. The number of nitro groups is 1. The predicted molar refractivity (Wildman–Crippen MR) is 74.9 cm³/mol. The smallest absolute Gasteiger partial charge is 0.292 e. The number of carbonyl (C=O) groups excluding carboxylic acids is 1. The van der Waals surface area contributed by atoms with Crippen molar-refractivity contribution in [1.82, 2.24) is 0 Å². The van der Waals surface area contributed by atoms with E-state index in [1.54, 1.807) is 6.07 Å². The Morgan fingerprint density at radius 3 is 3.00 bits per heavy atom. The molecule has 0 radical (unpaired) electrons. The highest BCUT2D eigenvalue weighted by atomic mass is 16.6. The number of hydrogen-bond donors (Lipinski definition) is 2. The SMILES string of the molecule is NCC1CCCN1c1cc2c(cc1[N+](=O)[O-])CC(=O)N2. The average Bonchev–Trinajstić information content (AvgIpc) is 3.00. The molecule has 1 aromatic carbocycles. The fourth-order valence-electron chi connectivity index (χ4n) is 3.02. The van der Waals surface area contributed by atoms with Gasteiger partial charge in [-0.3, -0.25) is 14.9 Å². The van der Waals surface area contributed by atoms with E-state index in [0.29, 0.717) is 23.5 Å². The highest BCUT2D eigenvalue weighted by Gasteiger charge is 2.32. The summed E-state index contributed by atoms with van der Waals surface area (Å²) < 4.78 is 0. The van der Waals surface area contributed by atoms with Crippen LogP contribution in [-0.4, -0.2) is 30.0 Å². The number of rotatable bonds is 3. The number of fused-ring (bicyclic) bond motifs is 1. The molecule has 0 aromatic heterocycles. The van der Waals surface area contributed by atoms with Gasteiger partial charge in [0.15, 0.2) is 0 Å². The maximum absolute atomic E-state index is 11.4. The summed E-state index contributed by atoms with van der Waals surface area (Å²) in [5.74, 6) is -0.122. The molecule has 20 heavy (non-hydrogen) atoms. The number of nitrogens with two attached hydrogens (primary N) is 1. The summed E-state index contributed by atoms with van der Waals surface area (Å²) in [5.41, 5.74) is 7.72. The monoisotopic (exact) mass is 276 g/mol. The summed E-state index contributed by atoms with van der Waals surface area (Å²) >= 11 is 0. The summed E-state index contributed by atoms with van der Waals surface area (Å²) in [6.45, 7) is 1.23. The molecule has 0 saturated carbocycles. The molecule has 1 aromatic rings. The van der Waals surface area contributed by atoms with Gasteiger partial charge in [-0.05, 0) is 24.5 Å².